The third-order valence-electron chi connectivity index (χ3n) is 5.61. The first kappa shape index (κ1) is 23.5. The number of aryl methyl sites for hydroxylation is 2. The van der Waals surface area contributed by atoms with Gasteiger partial charge in [0.1, 0.15) is 0 Å². The molecule has 3 fully saturated rings. The monoisotopic (exact) mass is 444 g/mol. The topological polar surface area (TPSA) is 89.0 Å². The molecule has 0 radical (unpaired) electrons. The summed E-state index contributed by atoms with van der Waals surface area (Å²) in [6.45, 7) is 6.84. The molecule has 31 heavy (non-hydrogen) atoms. The Labute approximate surface area is 178 Å². The molecule has 2 atom stereocenters. The minimum Gasteiger partial charge on any atom is -0.475 e. The van der Waals surface area contributed by atoms with Gasteiger partial charge in [0.25, 0.3) is 5.91 Å². The molecule has 0 bridgehead atoms. The molecule has 172 valence electrons. The largest absolute Gasteiger partial charge is 0.490 e. The predicted octanol–water partition coefficient (Wildman–Crippen LogP) is 3.13. The fourth-order valence-electron chi connectivity index (χ4n) is 3.91. The van der Waals surface area contributed by atoms with Crippen LogP contribution in [-0.2, 0) is 14.3 Å². The lowest BCUT2D eigenvalue weighted by Gasteiger charge is -2.23. The normalized spacial score (nSPS) is 25.5. The van der Waals surface area contributed by atoms with Gasteiger partial charge >= 0.3 is 12.1 Å². The Kier molecular flexibility index (Phi) is 6.90. The van der Waals surface area contributed by atoms with Gasteiger partial charge < -0.3 is 19.5 Å². The number of hydrogen-bond donors (Lipinski definition) is 1. The van der Waals surface area contributed by atoms with Gasteiger partial charge in [0.05, 0.1) is 24.9 Å². The molecule has 1 saturated carbocycles. The minimum atomic E-state index is -5.08. The third-order valence-corrected chi connectivity index (χ3v) is 5.61. The van der Waals surface area contributed by atoms with Crippen molar-refractivity contribution in [1.82, 2.24) is 9.88 Å². The van der Waals surface area contributed by atoms with Gasteiger partial charge in [-0.1, -0.05) is 0 Å². The number of aliphatic carboxylic acids is 1. The molecule has 2 saturated heterocycles. The SMILES string of the molecule is Cc1cc(C(=O)N2CC[C@]3(C[C@@H](OCC4CC4)CO3)C2)cc(C)n1.O=C(O)C(F)(F)F. The Balaban J connectivity index is 0.000000339. The lowest BCUT2D eigenvalue weighted by Crippen LogP contribution is -2.36. The van der Waals surface area contributed by atoms with E-state index in [1.54, 1.807) is 0 Å². The molecule has 1 N–H and O–H groups in total. The van der Waals surface area contributed by atoms with Crippen molar-refractivity contribution in [2.24, 2.45) is 5.92 Å². The van der Waals surface area contributed by atoms with E-state index in [0.29, 0.717) is 13.2 Å². The van der Waals surface area contributed by atoms with Crippen molar-refractivity contribution in [2.45, 2.75) is 57.4 Å². The number of carboxylic acids is 1. The average Bonchev–Trinajstić information content (AvgIpc) is 3.29. The first-order valence-corrected chi connectivity index (χ1v) is 10.3. The van der Waals surface area contributed by atoms with Crippen molar-refractivity contribution >= 4 is 11.9 Å². The smallest absolute Gasteiger partial charge is 0.475 e. The van der Waals surface area contributed by atoms with Gasteiger partial charge in [-0.05, 0) is 51.2 Å². The average molecular weight is 444 g/mol. The number of likely N-dealkylation sites (tertiary alicyclic amines) is 1. The maximum atomic E-state index is 12.8. The van der Waals surface area contributed by atoms with Crippen LogP contribution in [-0.4, -0.2) is 71.1 Å². The number of aromatic nitrogens is 1. The number of alkyl halides is 3. The second kappa shape index (κ2) is 9.12. The molecule has 1 aromatic rings. The van der Waals surface area contributed by atoms with Crippen molar-refractivity contribution in [3.63, 3.8) is 0 Å². The molecular formula is C21H27F3N2O5. The number of halogens is 3. The highest BCUT2D eigenvalue weighted by Gasteiger charge is 2.47. The molecule has 10 heteroatoms. The van der Waals surface area contributed by atoms with Gasteiger partial charge in [-0.2, -0.15) is 13.2 Å². The van der Waals surface area contributed by atoms with Crippen molar-refractivity contribution in [2.75, 3.05) is 26.3 Å². The first-order valence-electron chi connectivity index (χ1n) is 10.3. The van der Waals surface area contributed by atoms with Crippen LogP contribution in [0.2, 0.25) is 0 Å². The van der Waals surface area contributed by atoms with E-state index < -0.39 is 12.1 Å². The summed E-state index contributed by atoms with van der Waals surface area (Å²) in [5.41, 5.74) is 2.31. The number of carboxylic acid groups (broad SMARTS) is 1. The van der Waals surface area contributed by atoms with Crippen LogP contribution in [0.1, 0.15) is 47.4 Å². The summed E-state index contributed by atoms with van der Waals surface area (Å²) < 4.78 is 43.8. The lowest BCUT2D eigenvalue weighted by molar-refractivity contribution is -0.192. The Bertz CT molecular complexity index is 807. The zero-order valence-corrected chi connectivity index (χ0v) is 17.6. The summed E-state index contributed by atoms with van der Waals surface area (Å²) in [5, 5.41) is 7.12. The Hall–Kier alpha value is -2.20. The van der Waals surface area contributed by atoms with Crippen LogP contribution in [0.25, 0.3) is 0 Å². The van der Waals surface area contributed by atoms with Gasteiger partial charge in [-0.25, -0.2) is 4.79 Å². The Morgan fingerprint density at radius 2 is 1.90 bits per heavy atom. The van der Waals surface area contributed by atoms with Crippen LogP contribution in [0, 0.1) is 19.8 Å². The fraction of sp³-hybridized carbons (Fsp3) is 0.667. The molecule has 0 aromatic carbocycles. The van der Waals surface area contributed by atoms with Crippen LogP contribution in [0.4, 0.5) is 13.2 Å². The Morgan fingerprint density at radius 1 is 1.29 bits per heavy atom. The van der Waals surface area contributed by atoms with Gasteiger partial charge in [0, 0.05) is 36.5 Å². The van der Waals surface area contributed by atoms with Crippen molar-refractivity contribution in [1.29, 1.82) is 0 Å². The fourth-order valence-corrected chi connectivity index (χ4v) is 3.91. The van der Waals surface area contributed by atoms with Gasteiger partial charge in [0.15, 0.2) is 0 Å². The zero-order valence-electron chi connectivity index (χ0n) is 17.6. The molecule has 1 aliphatic carbocycles. The molecular weight excluding hydrogens is 417 g/mol. The quantitative estimate of drug-likeness (QED) is 0.768. The lowest BCUT2D eigenvalue weighted by atomic mass is 9.98. The number of ether oxygens (including phenoxy) is 2. The van der Waals surface area contributed by atoms with Crippen molar-refractivity contribution in [3.8, 4) is 0 Å². The van der Waals surface area contributed by atoms with E-state index in [0.717, 1.165) is 48.9 Å². The molecule has 3 aliphatic rings. The van der Waals surface area contributed by atoms with E-state index in [1.807, 2.05) is 30.9 Å². The molecule has 1 amide bonds. The van der Waals surface area contributed by atoms with Crippen LogP contribution in [0.15, 0.2) is 12.1 Å². The van der Waals surface area contributed by atoms with Crippen molar-refractivity contribution in [3.05, 3.63) is 29.1 Å². The maximum Gasteiger partial charge on any atom is 0.490 e. The minimum absolute atomic E-state index is 0.0893. The summed E-state index contributed by atoms with van der Waals surface area (Å²) in [6, 6.07) is 3.74. The Morgan fingerprint density at radius 3 is 2.45 bits per heavy atom. The number of amides is 1. The van der Waals surface area contributed by atoms with Gasteiger partial charge in [-0.15, -0.1) is 0 Å². The highest BCUT2D eigenvalue weighted by atomic mass is 19.4. The molecule has 3 heterocycles. The van der Waals surface area contributed by atoms with E-state index in [2.05, 4.69) is 4.98 Å². The van der Waals surface area contributed by atoms with Gasteiger partial charge in [0.2, 0.25) is 0 Å². The maximum absolute atomic E-state index is 12.8. The summed E-state index contributed by atoms with van der Waals surface area (Å²) in [6.07, 6.45) is -0.438. The zero-order chi connectivity index (χ0) is 22.8. The number of nitrogens with zero attached hydrogens (tertiary/aromatic N) is 2. The standard InChI is InChI=1S/C19H26N2O3.C2HF3O2/c1-13-7-16(8-14(2)20-13)18(22)21-6-5-19(12-21)9-17(11-24-19)23-10-15-3-4-15;3-2(4,5)1(6)7/h7-8,15,17H,3-6,9-12H2,1-2H3;(H,6,7)/t17-,19+;/m1./s1. The summed E-state index contributed by atoms with van der Waals surface area (Å²) >= 11 is 0. The van der Waals surface area contributed by atoms with Crippen LogP contribution in [0.5, 0.6) is 0 Å². The van der Waals surface area contributed by atoms with E-state index in [-0.39, 0.29) is 17.6 Å². The number of carbonyl (C=O) groups excluding carboxylic acids is 1. The van der Waals surface area contributed by atoms with Gasteiger partial charge in [-0.3, -0.25) is 9.78 Å². The molecule has 2 aliphatic heterocycles. The third kappa shape index (κ3) is 6.39. The second-order valence-corrected chi connectivity index (χ2v) is 8.52. The number of rotatable bonds is 4. The number of pyridine rings is 1. The predicted molar refractivity (Wildman–Crippen MR) is 104 cm³/mol. The van der Waals surface area contributed by atoms with E-state index in [9.17, 15) is 18.0 Å². The number of hydrogen-bond acceptors (Lipinski definition) is 5. The van der Waals surface area contributed by atoms with Crippen LogP contribution >= 0.6 is 0 Å². The molecule has 7 nitrogen and oxygen atoms in total. The second-order valence-electron chi connectivity index (χ2n) is 8.52. The molecule has 1 aromatic heterocycles. The highest BCUT2D eigenvalue weighted by Crippen LogP contribution is 2.38. The summed E-state index contributed by atoms with van der Waals surface area (Å²) in [4.78, 5) is 28.0. The molecule has 0 unspecified atom stereocenters. The van der Waals surface area contributed by atoms with E-state index in [4.69, 9.17) is 19.4 Å². The van der Waals surface area contributed by atoms with E-state index >= 15 is 0 Å². The number of carbonyl (C=O) groups is 2. The van der Waals surface area contributed by atoms with Crippen LogP contribution in [0.3, 0.4) is 0 Å². The molecule has 4 rings (SSSR count). The summed E-state index contributed by atoms with van der Waals surface area (Å²) in [7, 11) is 0. The van der Waals surface area contributed by atoms with Crippen LogP contribution < -0.4 is 0 Å². The first-order chi connectivity index (χ1) is 14.5. The highest BCUT2D eigenvalue weighted by molar-refractivity contribution is 5.94. The van der Waals surface area contributed by atoms with Crippen molar-refractivity contribution < 1.29 is 37.3 Å². The summed E-state index contributed by atoms with van der Waals surface area (Å²) in [5.74, 6) is -1.89. The molecule has 1 spiro atoms. The van der Waals surface area contributed by atoms with E-state index in [1.165, 1.54) is 12.8 Å².